The number of anilines is 5. The van der Waals surface area contributed by atoms with Crippen LogP contribution < -0.4 is 25.8 Å². The third-order valence-corrected chi connectivity index (χ3v) is 4.54. The lowest BCUT2D eigenvalue weighted by Gasteiger charge is -2.29. The molecule has 9 nitrogen and oxygen atoms in total. The molecule has 144 valence electrons. The number of rotatable bonds is 3. The van der Waals surface area contributed by atoms with Crippen LogP contribution in [0.1, 0.15) is 5.69 Å². The van der Waals surface area contributed by atoms with Crippen molar-refractivity contribution in [2.45, 2.75) is 6.92 Å². The van der Waals surface area contributed by atoms with Gasteiger partial charge in [0.15, 0.2) is 5.82 Å². The topological polar surface area (TPSA) is 98.3 Å². The summed E-state index contributed by atoms with van der Waals surface area (Å²) in [6.45, 7) is 6.05. The zero-order chi connectivity index (χ0) is 18.1. The fourth-order valence-electron chi connectivity index (χ4n) is 3.23. The molecule has 2 aromatic rings. The zero-order valence-electron chi connectivity index (χ0n) is 15.3. The quantitative estimate of drug-likeness (QED) is 0.717. The smallest absolute Gasteiger partial charge is 0.244 e. The molecule has 1 fully saturated rings. The molecular weight excluding hydrogens is 368 g/mol. The number of piperazine rings is 1. The Morgan fingerprint density at radius 2 is 2.00 bits per heavy atom. The van der Waals surface area contributed by atoms with Gasteiger partial charge < -0.3 is 25.8 Å². The zero-order valence-corrected chi connectivity index (χ0v) is 16.1. The van der Waals surface area contributed by atoms with Crippen LogP contribution in [0.5, 0.6) is 0 Å². The number of hydrogen-bond acceptors (Lipinski definition) is 8. The van der Waals surface area contributed by atoms with Crippen molar-refractivity contribution in [2.24, 2.45) is 0 Å². The number of fused-ring (bicyclic) bond motifs is 1. The summed E-state index contributed by atoms with van der Waals surface area (Å²) in [5.41, 5.74) is 2.51. The van der Waals surface area contributed by atoms with E-state index in [0.717, 1.165) is 37.6 Å². The SMILES string of the molecule is Cc1nc(Nc2cc(N3CCNCC3)ccn2)nc2c1NC(=O)CN2C.Cl. The van der Waals surface area contributed by atoms with Gasteiger partial charge >= 0.3 is 0 Å². The lowest BCUT2D eigenvalue weighted by molar-refractivity contribution is -0.115. The van der Waals surface area contributed by atoms with E-state index in [1.807, 2.05) is 31.0 Å². The second-order valence-electron chi connectivity index (χ2n) is 6.50. The van der Waals surface area contributed by atoms with E-state index in [0.29, 0.717) is 23.3 Å². The number of carbonyl (C=O) groups excluding carboxylic acids is 1. The van der Waals surface area contributed by atoms with Crippen LogP contribution in [0.2, 0.25) is 0 Å². The van der Waals surface area contributed by atoms with E-state index >= 15 is 0 Å². The molecule has 0 atom stereocenters. The van der Waals surface area contributed by atoms with Gasteiger partial charge in [0, 0.05) is 51.2 Å². The molecule has 2 aliphatic rings. The van der Waals surface area contributed by atoms with Crippen LogP contribution in [-0.4, -0.2) is 60.6 Å². The lowest BCUT2D eigenvalue weighted by atomic mass is 10.2. The number of likely N-dealkylation sites (N-methyl/N-ethyl adjacent to an activating group) is 1. The van der Waals surface area contributed by atoms with Gasteiger partial charge in [-0.1, -0.05) is 0 Å². The van der Waals surface area contributed by atoms with Gasteiger partial charge in [0.1, 0.15) is 11.5 Å². The Hall–Kier alpha value is -2.65. The first kappa shape index (κ1) is 19.1. The normalized spacial score (nSPS) is 16.3. The summed E-state index contributed by atoms with van der Waals surface area (Å²) >= 11 is 0. The largest absolute Gasteiger partial charge is 0.369 e. The molecule has 3 N–H and O–H groups in total. The molecule has 0 unspecified atom stereocenters. The van der Waals surface area contributed by atoms with E-state index in [1.54, 1.807) is 6.20 Å². The first-order valence-electron chi connectivity index (χ1n) is 8.68. The van der Waals surface area contributed by atoms with Gasteiger partial charge in [-0.05, 0) is 13.0 Å². The van der Waals surface area contributed by atoms with Crippen LogP contribution in [0, 0.1) is 6.92 Å². The van der Waals surface area contributed by atoms with E-state index in [1.165, 1.54) is 0 Å². The van der Waals surface area contributed by atoms with Gasteiger partial charge in [-0.25, -0.2) is 9.97 Å². The van der Waals surface area contributed by atoms with Crippen LogP contribution in [0.3, 0.4) is 0 Å². The number of aromatic nitrogens is 3. The minimum atomic E-state index is -0.0576. The summed E-state index contributed by atoms with van der Waals surface area (Å²) < 4.78 is 0. The summed E-state index contributed by atoms with van der Waals surface area (Å²) in [7, 11) is 1.84. The minimum absolute atomic E-state index is 0. The predicted octanol–water partition coefficient (Wildman–Crippen LogP) is 1.14. The predicted molar refractivity (Wildman–Crippen MR) is 109 cm³/mol. The van der Waals surface area contributed by atoms with Crippen molar-refractivity contribution in [1.29, 1.82) is 0 Å². The highest BCUT2D eigenvalue weighted by atomic mass is 35.5. The first-order chi connectivity index (χ1) is 12.6. The summed E-state index contributed by atoms with van der Waals surface area (Å²) in [6.07, 6.45) is 1.79. The Morgan fingerprint density at radius 3 is 2.78 bits per heavy atom. The third kappa shape index (κ3) is 4.04. The molecule has 0 spiro atoms. The number of pyridine rings is 1. The van der Waals surface area contributed by atoms with Crippen molar-refractivity contribution >= 4 is 47.3 Å². The molecule has 1 amide bonds. The van der Waals surface area contributed by atoms with Crippen molar-refractivity contribution in [1.82, 2.24) is 20.3 Å². The molecule has 2 aromatic heterocycles. The first-order valence-corrected chi connectivity index (χ1v) is 8.68. The Morgan fingerprint density at radius 1 is 1.22 bits per heavy atom. The minimum Gasteiger partial charge on any atom is -0.369 e. The number of hydrogen-bond donors (Lipinski definition) is 3. The molecule has 2 aliphatic heterocycles. The fourth-order valence-corrected chi connectivity index (χ4v) is 3.23. The summed E-state index contributed by atoms with van der Waals surface area (Å²) in [6, 6.07) is 4.02. The molecule has 0 radical (unpaired) electrons. The second-order valence-corrected chi connectivity index (χ2v) is 6.50. The number of aryl methyl sites for hydroxylation is 1. The van der Waals surface area contributed by atoms with Crippen molar-refractivity contribution in [3.8, 4) is 0 Å². The van der Waals surface area contributed by atoms with Crippen LogP contribution in [0.15, 0.2) is 18.3 Å². The maximum absolute atomic E-state index is 11.7. The van der Waals surface area contributed by atoms with Crippen LogP contribution >= 0.6 is 12.4 Å². The summed E-state index contributed by atoms with van der Waals surface area (Å²) in [5.74, 6) is 1.81. The van der Waals surface area contributed by atoms with Crippen molar-refractivity contribution in [2.75, 3.05) is 60.2 Å². The molecule has 4 rings (SSSR count). The van der Waals surface area contributed by atoms with E-state index < -0.39 is 0 Å². The Labute approximate surface area is 164 Å². The molecular formula is C17H23ClN8O. The molecule has 10 heteroatoms. The van der Waals surface area contributed by atoms with E-state index in [9.17, 15) is 4.79 Å². The van der Waals surface area contributed by atoms with Crippen molar-refractivity contribution < 1.29 is 4.79 Å². The molecule has 0 saturated carbocycles. The van der Waals surface area contributed by atoms with Gasteiger partial charge in [0.2, 0.25) is 11.9 Å². The highest BCUT2D eigenvalue weighted by Crippen LogP contribution is 2.30. The second kappa shape index (κ2) is 7.93. The number of halogens is 1. The Bertz CT molecular complexity index is 840. The molecule has 27 heavy (non-hydrogen) atoms. The number of amides is 1. The average molecular weight is 391 g/mol. The Balaban J connectivity index is 0.00000210. The highest BCUT2D eigenvalue weighted by Gasteiger charge is 2.24. The lowest BCUT2D eigenvalue weighted by Crippen LogP contribution is -2.43. The summed E-state index contributed by atoms with van der Waals surface area (Å²) in [4.78, 5) is 29.3. The van der Waals surface area contributed by atoms with Gasteiger partial charge in [-0.15, -0.1) is 12.4 Å². The highest BCUT2D eigenvalue weighted by molar-refractivity contribution is 6.00. The third-order valence-electron chi connectivity index (χ3n) is 4.54. The van der Waals surface area contributed by atoms with E-state index in [4.69, 9.17) is 0 Å². The molecule has 1 saturated heterocycles. The van der Waals surface area contributed by atoms with Crippen molar-refractivity contribution in [3.63, 3.8) is 0 Å². The molecule has 0 bridgehead atoms. The maximum Gasteiger partial charge on any atom is 0.244 e. The van der Waals surface area contributed by atoms with Gasteiger partial charge in [0.05, 0.1) is 12.2 Å². The van der Waals surface area contributed by atoms with Crippen LogP contribution in [-0.2, 0) is 4.79 Å². The van der Waals surface area contributed by atoms with Crippen LogP contribution in [0.4, 0.5) is 29.0 Å². The average Bonchev–Trinajstić information content (AvgIpc) is 2.64. The van der Waals surface area contributed by atoms with Gasteiger partial charge in [-0.3, -0.25) is 4.79 Å². The molecule has 4 heterocycles. The van der Waals surface area contributed by atoms with Gasteiger partial charge in [0.25, 0.3) is 0 Å². The standard InChI is InChI=1S/C17H22N8O.ClH/c1-11-15-16(24(2)10-14(26)22-15)23-17(20-11)21-13-9-12(3-4-19-13)25-7-5-18-6-8-25;/h3-4,9,18H,5-8,10H2,1-2H3,(H,22,26)(H,19,20,21,23);1H. The molecule has 0 aliphatic carbocycles. The fraction of sp³-hybridized carbons (Fsp3) is 0.412. The van der Waals surface area contributed by atoms with Gasteiger partial charge in [-0.2, -0.15) is 4.98 Å². The number of nitrogens with zero attached hydrogens (tertiary/aromatic N) is 5. The monoisotopic (exact) mass is 390 g/mol. The van der Waals surface area contributed by atoms with Crippen molar-refractivity contribution in [3.05, 3.63) is 24.0 Å². The van der Waals surface area contributed by atoms with Crippen LogP contribution in [0.25, 0.3) is 0 Å². The Kier molecular flexibility index (Phi) is 5.62. The van der Waals surface area contributed by atoms with E-state index in [2.05, 4.69) is 35.8 Å². The molecule has 0 aromatic carbocycles. The number of carbonyl (C=O) groups is 1. The van der Waals surface area contributed by atoms with E-state index in [-0.39, 0.29) is 24.9 Å². The maximum atomic E-state index is 11.7. The number of nitrogens with one attached hydrogen (secondary N) is 3. The summed E-state index contributed by atoms with van der Waals surface area (Å²) in [5, 5.41) is 9.39.